The van der Waals surface area contributed by atoms with Crippen LogP contribution < -0.4 is 9.47 Å². The molecule has 0 aromatic heterocycles. The molecule has 1 amide bonds. The molecule has 0 N–H and O–H groups in total. The van der Waals surface area contributed by atoms with E-state index in [1.54, 1.807) is 7.11 Å². The SMILES string of the molecule is COc1ccc(OCC(=O)N2CCCCCC2)cc1. The molecule has 1 aliphatic rings. The van der Waals surface area contributed by atoms with E-state index >= 15 is 0 Å². The molecule has 1 aromatic carbocycles. The molecule has 1 heterocycles. The molecule has 0 spiro atoms. The highest BCUT2D eigenvalue weighted by atomic mass is 16.5. The van der Waals surface area contributed by atoms with Crippen LogP contribution in [0.5, 0.6) is 11.5 Å². The lowest BCUT2D eigenvalue weighted by atomic mass is 10.2. The first-order valence-corrected chi connectivity index (χ1v) is 6.84. The van der Waals surface area contributed by atoms with Gasteiger partial charge in [0.15, 0.2) is 6.61 Å². The predicted molar refractivity (Wildman–Crippen MR) is 73.5 cm³/mol. The number of benzene rings is 1. The van der Waals surface area contributed by atoms with Crippen LogP contribution in [0.2, 0.25) is 0 Å². The van der Waals surface area contributed by atoms with Gasteiger partial charge in [0.05, 0.1) is 7.11 Å². The number of ether oxygens (including phenoxy) is 2. The molecule has 1 aromatic rings. The summed E-state index contributed by atoms with van der Waals surface area (Å²) >= 11 is 0. The molecule has 0 radical (unpaired) electrons. The van der Waals surface area contributed by atoms with Crippen molar-refractivity contribution in [3.8, 4) is 11.5 Å². The minimum atomic E-state index is 0.0812. The summed E-state index contributed by atoms with van der Waals surface area (Å²) in [5, 5.41) is 0. The second-order valence-electron chi connectivity index (χ2n) is 4.76. The van der Waals surface area contributed by atoms with Crippen molar-refractivity contribution in [2.75, 3.05) is 26.8 Å². The zero-order chi connectivity index (χ0) is 13.5. The molecule has 2 rings (SSSR count). The third-order valence-corrected chi connectivity index (χ3v) is 3.38. The molecule has 19 heavy (non-hydrogen) atoms. The van der Waals surface area contributed by atoms with E-state index in [-0.39, 0.29) is 12.5 Å². The predicted octanol–water partition coefficient (Wildman–Crippen LogP) is 2.48. The highest BCUT2D eigenvalue weighted by Crippen LogP contribution is 2.17. The van der Waals surface area contributed by atoms with Crippen LogP contribution in [0.3, 0.4) is 0 Å². The average molecular weight is 263 g/mol. The molecule has 4 heteroatoms. The number of carbonyl (C=O) groups is 1. The number of hydrogen-bond acceptors (Lipinski definition) is 3. The zero-order valence-electron chi connectivity index (χ0n) is 11.4. The van der Waals surface area contributed by atoms with Crippen LogP contribution in [-0.4, -0.2) is 37.6 Å². The molecule has 104 valence electrons. The van der Waals surface area contributed by atoms with Crippen LogP contribution in [0.1, 0.15) is 25.7 Å². The van der Waals surface area contributed by atoms with Crippen LogP contribution >= 0.6 is 0 Å². The lowest BCUT2D eigenvalue weighted by molar-refractivity contribution is -0.133. The molecule has 4 nitrogen and oxygen atoms in total. The van der Waals surface area contributed by atoms with Gasteiger partial charge < -0.3 is 14.4 Å². The fourth-order valence-electron chi connectivity index (χ4n) is 2.23. The van der Waals surface area contributed by atoms with E-state index in [1.165, 1.54) is 12.8 Å². The Morgan fingerprint density at radius 1 is 1.05 bits per heavy atom. The molecule has 0 atom stereocenters. The second-order valence-corrected chi connectivity index (χ2v) is 4.76. The Balaban J connectivity index is 1.81. The smallest absolute Gasteiger partial charge is 0.260 e. The highest BCUT2D eigenvalue weighted by Gasteiger charge is 2.15. The van der Waals surface area contributed by atoms with E-state index in [2.05, 4.69) is 0 Å². The summed E-state index contributed by atoms with van der Waals surface area (Å²) in [6.07, 6.45) is 4.66. The normalized spacial score (nSPS) is 15.7. The molecule has 0 unspecified atom stereocenters. The maximum absolute atomic E-state index is 12.0. The van der Waals surface area contributed by atoms with Crippen LogP contribution in [0, 0.1) is 0 Å². The van der Waals surface area contributed by atoms with Gasteiger partial charge in [-0.05, 0) is 37.1 Å². The Labute approximate surface area is 114 Å². The summed E-state index contributed by atoms with van der Waals surface area (Å²) in [4.78, 5) is 13.9. The minimum absolute atomic E-state index is 0.0812. The third-order valence-electron chi connectivity index (χ3n) is 3.38. The van der Waals surface area contributed by atoms with E-state index in [9.17, 15) is 4.79 Å². The van der Waals surface area contributed by atoms with Crippen LogP contribution in [0.15, 0.2) is 24.3 Å². The van der Waals surface area contributed by atoms with Crippen molar-refractivity contribution >= 4 is 5.91 Å². The lowest BCUT2D eigenvalue weighted by Gasteiger charge is -2.20. The quantitative estimate of drug-likeness (QED) is 0.837. The summed E-state index contributed by atoms with van der Waals surface area (Å²) in [5.74, 6) is 1.56. The summed E-state index contributed by atoms with van der Waals surface area (Å²) < 4.78 is 10.6. The lowest BCUT2D eigenvalue weighted by Crippen LogP contribution is -2.35. The fraction of sp³-hybridized carbons (Fsp3) is 0.533. The van der Waals surface area contributed by atoms with Gasteiger partial charge in [0.1, 0.15) is 11.5 Å². The molecular formula is C15H21NO3. The first-order valence-electron chi connectivity index (χ1n) is 6.84. The van der Waals surface area contributed by atoms with E-state index in [0.717, 1.165) is 31.7 Å². The van der Waals surface area contributed by atoms with Gasteiger partial charge in [-0.3, -0.25) is 4.79 Å². The highest BCUT2D eigenvalue weighted by molar-refractivity contribution is 5.77. The van der Waals surface area contributed by atoms with Gasteiger partial charge >= 0.3 is 0 Å². The fourth-order valence-corrected chi connectivity index (χ4v) is 2.23. The summed E-state index contributed by atoms with van der Waals surface area (Å²) in [6, 6.07) is 7.28. The van der Waals surface area contributed by atoms with Crippen molar-refractivity contribution in [1.29, 1.82) is 0 Å². The van der Waals surface area contributed by atoms with Crippen LogP contribution in [0.25, 0.3) is 0 Å². The molecule has 0 bridgehead atoms. The number of nitrogens with zero attached hydrogens (tertiary/aromatic N) is 1. The van der Waals surface area contributed by atoms with Gasteiger partial charge in [0.2, 0.25) is 0 Å². The summed E-state index contributed by atoms with van der Waals surface area (Å²) in [7, 11) is 1.62. The first kappa shape index (κ1) is 13.7. The van der Waals surface area contributed by atoms with Crippen molar-refractivity contribution in [1.82, 2.24) is 4.90 Å². The third kappa shape index (κ3) is 4.16. The van der Waals surface area contributed by atoms with Gasteiger partial charge in [0.25, 0.3) is 5.91 Å². The number of carbonyl (C=O) groups excluding carboxylic acids is 1. The maximum Gasteiger partial charge on any atom is 0.260 e. The van der Waals surface area contributed by atoms with E-state index in [4.69, 9.17) is 9.47 Å². The topological polar surface area (TPSA) is 38.8 Å². The Morgan fingerprint density at radius 2 is 1.63 bits per heavy atom. The Morgan fingerprint density at radius 3 is 2.21 bits per heavy atom. The molecular weight excluding hydrogens is 242 g/mol. The number of hydrogen-bond donors (Lipinski definition) is 0. The number of methoxy groups -OCH3 is 1. The van der Waals surface area contributed by atoms with E-state index in [1.807, 2.05) is 29.2 Å². The van der Waals surface area contributed by atoms with Gasteiger partial charge in [-0.2, -0.15) is 0 Å². The molecule has 1 aliphatic heterocycles. The molecule has 0 saturated carbocycles. The maximum atomic E-state index is 12.0. The zero-order valence-corrected chi connectivity index (χ0v) is 11.4. The van der Waals surface area contributed by atoms with Gasteiger partial charge in [0, 0.05) is 13.1 Å². The molecule has 1 fully saturated rings. The Bertz CT molecular complexity index is 394. The van der Waals surface area contributed by atoms with Gasteiger partial charge in [-0.1, -0.05) is 12.8 Å². The van der Waals surface area contributed by atoms with Crippen molar-refractivity contribution < 1.29 is 14.3 Å². The van der Waals surface area contributed by atoms with Crippen molar-refractivity contribution in [3.05, 3.63) is 24.3 Å². The monoisotopic (exact) mass is 263 g/mol. The number of likely N-dealkylation sites (tertiary alicyclic amines) is 1. The molecule has 0 aliphatic carbocycles. The number of amides is 1. The van der Waals surface area contributed by atoms with Crippen molar-refractivity contribution in [2.45, 2.75) is 25.7 Å². The summed E-state index contributed by atoms with van der Waals surface area (Å²) in [5.41, 5.74) is 0. The first-order chi connectivity index (χ1) is 9.29. The van der Waals surface area contributed by atoms with E-state index < -0.39 is 0 Å². The molecule has 1 saturated heterocycles. The van der Waals surface area contributed by atoms with Gasteiger partial charge in [-0.25, -0.2) is 0 Å². The standard InChI is InChI=1S/C15H21NO3/c1-18-13-6-8-14(9-7-13)19-12-15(17)16-10-4-2-3-5-11-16/h6-9H,2-5,10-12H2,1H3. The summed E-state index contributed by atoms with van der Waals surface area (Å²) in [6.45, 7) is 1.85. The van der Waals surface area contributed by atoms with Crippen molar-refractivity contribution in [2.24, 2.45) is 0 Å². The largest absolute Gasteiger partial charge is 0.497 e. The van der Waals surface area contributed by atoms with Gasteiger partial charge in [-0.15, -0.1) is 0 Å². The Kier molecular flexibility index (Phi) is 5.07. The minimum Gasteiger partial charge on any atom is -0.497 e. The van der Waals surface area contributed by atoms with Crippen LogP contribution in [0.4, 0.5) is 0 Å². The average Bonchev–Trinajstić information content (AvgIpc) is 2.74. The number of rotatable bonds is 4. The van der Waals surface area contributed by atoms with Crippen LogP contribution in [-0.2, 0) is 4.79 Å². The van der Waals surface area contributed by atoms with E-state index in [0.29, 0.717) is 5.75 Å². The van der Waals surface area contributed by atoms with Crippen molar-refractivity contribution in [3.63, 3.8) is 0 Å². The second kappa shape index (κ2) is 7.02. The Hall–Kier alpha value is -1.71.